The van der Waals surface area contributed by atoms with Crippen LogP contribution in [0, 0.1) is 0 Å². The molecule has 0 radical (unpaired) electrons. The average Bonchev–Trinajstić information content (AvgIpc) is 2.35. The van der Waals surface area contributed by atoms with Gasteiger partial charge in [-0.3, -0.25) is 0 Å². The van der Waals surface area contributed by atoms with E-state index in [1.54, 1.807) is 0 Å². The standard InChI is InChI=1S/C12H9N3S/c1-16-12-13-10-6-8-4-2-3-5-9(8)7-11(10)14-15-12/h2-7H,1H3. The summed E-state index contributed by atoms with van der Waals surface area (Å²) < 4.78 is 0. The van der Waals surface area contributed by atoms with Gasteiger partial charge in [-0.2, -0.15) is 0 Å². The third kappa shape index (κ3) is 1.51. The van der Waals surface area contributed by atoms with Crippen LogP contribution in [0.15, 0.2) is 41.6 Å². The molecule has 1 heterocycles. The van der Waals surface area contributed by atoms with E-state index >= 15 is 0 Å². The smallest absolute Gasteiger partial charge is 0.209 e. The van der Waals surface area contributed by atoms with Crippen molar-refractivity contribution in [3.8, 4) is 0 Å². The van der Waals surface area contributed by atoms with Crippen LogP contribution >= 0.6 is 11.8 Å². The molecule has 3 nitrogen and oxygen atoms in total. The van der Waals surface area contributed by atoms with Crippen molar-refractivity contribution in [1.82, 2.24) is 15.2 Å². The monoisotopic (exact) mass is 227 g/mol. The van der Waals surface area contributed by atoms with Crippen molar-refractivity contribution in [2.24, 2.45) is 0 Å². The lowest BCUT2D eigenvalue weighted by Gasteiger charge is -2.01. The van der Waals surface area contributed by atoms with Gasteiger partial charge in [-0.25, -0.2) is 4.98 Å². The zero-order valence-corrected chi connectivity index (χ0v) is 9.53. The number of fused-ring (bicyclic) bond motifs is 2. The van der Waals surface area contributed by atoms with Gasteiger partial charge in [0.1, 0.15) is 5.52 Å². The van der Waals surface area contributed by atoms with E-state index in [1.807, 2.05) is 24.5 Å². The van der Waals surface area contributed by atoms with E-state index < -0.39 is 0 Å². The van der Waals surface area contributed by atoms with Crippen LogP contribution in [0.5, 0.6) is 0 Å². The first-order valence-electron chi connectivity index (χ1n) is 4.94. The Morgan fingerprint density at radius 3 is 2.31 bits per heavy atom. The van der Waals surface area contributed by atoms with Gasteiger partial charge in [0.15, 0.2) is 0 Å². The zero-order chi connectivity index (χ0) is 11.0. The molecular weight excluding hydrogens is 218 g/mol. The van der Waals surface area contributed by atoms with Gasteiger partial charge < -0.3 is 0 Å². The van der Waals surface area contributed by atoms with Gasteiger partial charge in [0, 0.05) is 0 Å². The maximum Gasteiger partial charge on any atom is 0.209 e. The Labute approximate surface area is 96.9 Å². The molecule has 0 saturated carbocycles. The Morgan fingerprint density at radius 1 is 0.938 bits per heavy atom. The molecule has 78 valence electrons. The van der Waals surface area contributed by atoms with Crippen molar-refractivity contribution >= 4 is 33.6 Å². The molecule has 3 rings (SSSR count). The van der Waals surface area contributed by atoms with Crippen LogP contribution in [0.3, 0.4) is 0 Å². The fourth-order valence-electron chi connectivity index (χ4n) is 1.69. The van der Waals surface area contributed by atoms with E-state index in [2.05, 4.69) is 33.4 Å². The third-order valence-corrected chi connectivity index (χ3v) is 3.02. The number of thioether (sulfide) groups is 1. The lowest BCUT2D eigenvalue weighted by molar-refractivity contribution is 0.883. The SMILES string of the molecule is CSc1nnc2cc3ccccc3cc2n1. The second-order valence-electron chi connectivity index (χ2n) is 3.49. The van der Waals surface area contributed by atoms with Gasteiger partial charge in [-0.15, -0.1) is 10.2 Å². The first-order chi connectivity index (χ1) is 7.86. The van der Waals surface area contributed by atoms with Crippen LogP contribution < -0.4 is 0 Å². The topological polar surface area (TPSA) is 38.7 Å². The molecule has 0 N–H and O–H groups in total. The number of hydrogen-bond donors (Lipinski definition) is 0. The molecule has 1 aromatic heterocycles. The molecular formula is C12H9N3S. The summed E-state index contributed by atoms with van der Waals surface area (Å²) in [6.45, 7) is 0. The minimum absolute atomic E-state index is 0.711. The van der Waals surface area contributed by atoms with E-state index in [9.17, 15) is 0 Å². The predicted molar refractivity (Wildman–Crippen MR) is 66.6 cm³/mol. The van der Waals surface area contributed by atoms with Crippen LogP contribution in [-0.4, -0.2) is 21.4 Å². The number of nitrogens with zero attached hydrogens (tertiary/aromatic N) is 3. The quantitative estimate of drug-likeness (QED) is 0.473. The van der Waals surface area contributed by atoms with E-state index in [-0.39, 0.29) is 0 Å². The highest BCUT2D eigenvalue weighted by Gasteiger charge is 2.02. The zero-order valence-electron chi connectivity index (χ0n) is 8.71. The van der Waals surface area contributed by atoms with Crippen molar-refractivity contribution < 1.29 is 0 Å². The number of hydrogen-bond acceptors (Lipinski definition) is 4. The highest BCUT2D eigenvalue weighted by atomic mass is 32.2. The Morgan fingerprint density at radius 2 is 1.62 bits per heavy atom. The van der Waals surface area contributed by atoms with Crippen molar-refractivity contribution in [3.63, 3.8) is 0 Å². The van der Waals surface area contributed by atoms with Crippen LogP contribution in [0.25, 0.3) is 21.8 Å². The molecule has 4 heteroatoms. The van der Waals surface area contributed by atoms with Gasteiger partial charge in [0.2, 0.25) is 5.16 Å². The lowest BCUT2D eigenvalue weighted by Crippen LogP contribution is -1.91. The highest BCUT2D eigenvalue weighted by molar-refractivity contribution is 7.98. The Bertz CT molecular complexity index is 667. The average molecular weight is 227 g/mol. The summed E-state index contributed by atoms with van der Waals surface area (Å²) in [6.07, 6.45) is 1.95. The molecule has 0 unspecified atom stereocenters. The Balaban J connectivity index is 2.37. The van der Waals surface area contributed by atoms with Crippen LogP contribution in [0.1, 0.15) is 0 Å². The van der Waals surface area contributed by atoms with E-state index in [4.69, 9.17) is 0 Å². The molecule has 0 aliphatic rings. The normalized spacial score (nSPS) is 11.1. The second kappa shape index (κ2) is 3.72. The van der Waals surface area contributed by atoms with Crippen LogP contribution in [-0.2, 0) is 0 Å². The molecule has 0 aliphatic heterocycles. The molecule has 3 aromatic rings. The number of aromatic nitrogens is 3. The third-order valence-electron chi connectivity index (χ3n) is 2.48. The Kier molecular flexibility index (Phi) is 2.22. The molecule has 0 fully saturated rings. The minimum Gasteiger partial charge on any atom is -0.219 e. The first-order valence-corrected chi connectivity index (χ1v) is 6.16. The highest BCUT2D eigenvalue weighted by Crippen LogP contribution is 2.20. The molecule has 0 atom stereocenters. The molecule has 16 heavy (non-hydrogen) atoms. The number of benzene rings is 2. The largest absolute Gasteiger partial charge is 0.219 e. The van der Waals surface area contributed by atoms with E-state index in [0.29, 0.717) is 5.16 Å². The second-order valence-corrected chi connectivity index (χ2v) is 4.26. The molecule has 0 bridgehead atoms. The van der Waals surface area contributed by atoms with Crippen LogP contribution in [0.4, 0.5) is 0 Å². The summed E-state index contributed by atoms with van der Waals surface area (Å²) in [4.78, 5) is 4.43. The fourth-order valence-corrected chi connectivity index (χ4v) is 2.01. The molecule has 0 amide bonds. The van der Waals surface area contributed by atoms with Gasteiger partial charge in [-0.1, -0.05) is 36.0 Å². The first kappa shape index (κ1) is 9.54. The summed E-state index contributed by atoms with van der Waals surface area (Å²) in [7, 11) is 0. The van der Waals surface area contributed by atoms with Crippen molar-refractivity contribution in [2.75, 3.05) is 6.26 Å². The number of rotatable bonds is 1. The van der Waals surface area contributed by atoms with Crippen molar-refractivity contribution in [3.05, 3.63) is 36.4 Å². The van der Waals surface area contributed by atoms with Crippen molar-refractivity contribution in [1.29, 1.82) is 0 Å². The van der Waals surface area contributed by atoms with Gasteiger partial charge in [0.25, 0.3) is 0 Å². The maximum absolute atomic E-state index is 4.43. The van der Waals surface area contributed by atoms with Crippen LogP contribution in [0.2, 0.25) is 0 Å². The van der Waals surface area contributed by atoms with E-state index in [1.165, 1.54) is 22.5 Å². The predicted octanol–water partition coefficient (Wildman–Crippen LogP) is 2.90. The molecule has 0 aliphatic carbocycles. The summed E-state index contributed by atoms with van der Waals surface area (Å²) in [6, 6.07) is 12.3. The van der Waals surface area contributed by atoms with E-state index in [0.717, 1.165) is 11.0 Å². The molecule has 0 saturated heterocycles. The van der Waals surface area contributed by atoms with Crippen molar-refractivity contribution in [2.45, 2.75) is 5.16 Å². The van der Waals surface area contributed by atoms with Gasteiger partial charge >= 0.3 is 0 Å². The molecule has 2 aromatic carbocycles. The summed E-state index contributed by atoms with van der Waals surface area (Å²) in [5.41, 5.74) is 1.74. The summed E-state index contributed by atoms with van der Waals surface area (Å²) in [5.74, 6) is 0. The fraction of sp³-hybridized carbons (Fsp3) is 0.0833. The maximum atomic E-state index is 4.43. The minimum atomic E-state index is 0.711. The lowest BCUT2D eigenvalue weighted by atomic mass is 10.1. The Hall–Kier alpha value is -1.68. The van der Waals surface area contributed by atoms with Gasteiger partial charge in [0.05, 0.1) is 5.52 Å². The van der Waals surface area contributed by atoms with Gasteiger partial charge in [-0.05, 0) is 29.2 Å². The molecule has 0 spiro atoms. The summed E-state index contributed by atoms with van der Waals surface area (Å²) in [5, 5.41) is 11.3. The summed E-state index contributed by atoms with van der Waals surface area (Å²) >= 11 is 1.50.